The average Bonchev–Trinajstić information content (AvgIpc) is 2.99. The second kappa shape index (κ2) is 6.45. The summed E-state index contributed by atoms with van der Waals surface area (Å²) in [6, 6.07) is 10.3. The van der Waals surface area contributed by atoms with E-state index in [1.54, 1.807) is 42.6 Å². The number of carbonyl (C=O) groups is 2. The maximum atomic E-state index is 12.9. The Morgan fingerprint density at radius 2 is 1.73 bits per heavy atom. The van der Waals surface area contributed by atoms with Crippen LogP contribution in [0.5, 0.6) is 0 Å². The SMILES string of the molecule is O=C1CCC(=O)N1c1cccc(-n2c(=O)c(CBr)nc3cccnc32)c1. The van der Waals surface area contributed by atoms with Crippen molar-refractivity contribution in [3.8, 4) is 5.69 Å². The fraction of sp³-hybridized carbons (Fsp3) is 0.167. The number of hydrogen-bond acceptors (Lipinski definition) is 5. The lowest BCUT2D eigenvalue weighted by Crippen LogP contribution is -2.29. The van der Waals surface area contributed by atoms with Gasteiger partial charge in [0, 0.05) is 19.0 Å². The van der Waals surface area contributed by atoms with Crippen molar-refractivity contribution in [2.75, 3.05) is 4.90 Å². The highest BCUT2D eigenvalue weighted by atomic mass is 79.9. The van der Waals surface area contributed by atoms with Gasteiger partial charge >= 0.3 is 0 Å². The van der Waals surface area contributed by atoms with Crippen molar-refractivity contribution in [1.29, 1.82) is 0 Å². The van der Waals surface area contributed by atoms with Crippen LogP contribution >= 0.6 is 15.9 Å². The molecule has 0 atom stereocenters. The van der Waals surface area contributed by atoms with Crippen LogP contribution in [-0.2, 0) is 14.9 Å². The Balaban J connectivity index is 1.95. The molecule has 26 heavy (non-hydrogen) atoms. The highest BCUT2D eigenvalue weighted by molar-refractivity contribution is 9.08. The molecule has 2 aromatic heterocycles. The van der Waals surface area contributed by atoms with E-state index >= 15 is 0 Å². The van der Waals surface area contributed by atoms with E-state index in [0.29, 0.717) is 33.6 Å². The number of carbonyl (C=O) groups excluding carboxylic acids is 2. The Kier molecular flexibility index (Phi) is 4.12. The van der Waals surface area contributed by atoms with E-state index in [1.165, 1.54) is 4.57 Å². The van der Waals surface area contributed by atoms with Crippen LogP contribution in [0.3, 0.4) is 0 Å². The number of nitrogens with zero attached hydrogens (tertiary/aromatic N) is 4. The van der Waals surface area contributed by atoms with E-state index in [4.69, 9.17) is 0 Å². The Morgan fingerprint density at radius 1 is 1.00 bits per heavy atom. The molecule has 2 amide bonds. The predicted molar refractivity (Wildman–Crippen MR) is 99.5 cm³/mol. The summed E-state index contributed by atoms with van der Waals surface area (Å²) in [5.41, 5.74) is 2.02. The van der Waals surface area contributed by atoms with Crippen LogP contribution in [0.25, 0.3) is 16.9 Å². The molecule has 0 unspecified atom stereocenters. The van der Waals surface area contributed by atoms with Crippen molar-refractivity contribution >= 4 is 44.6 Å². The first-order valence-corrected chi connectivity index (χ1v) is 9.11. The van der Waals surface area contributed by atoms with Gasteiger partial charge in [-0.1, -0.05) is 22.0 Å². The topological polar surface area (TPSA) is 85.2 Å². The highest BCUT2D eigenvalue weighted by Crippen LogP contribution is 2.25. The van der Waals surface area contributed by atoms with Gasteiger partial charge in [0.1, 0.15) is 11.2 Å². The lowest BCUT2D eigenvalue weighted by molar-refractivity contribution is -0.121. The van der Waals surface area contributed by atoms with Gasteiger partial charge in [-0.15, -0.1) is 0 Å². The number of alkyl halides is 1. The summed E-state index contributed by atoms with van der Waals surface area (Å²) in [7, 11) is 0. The molecule has 0 radical (unpaired) electrons. The van der Waals surface area contributed by atoms with Gasteiger partial charge < -0.3 is 0 Å². The summed E-state index contributed by atoms with van der Waals surface area (Å²) in [4.78, 5) is 46.7. The Morgan fingerprint density at radius 3 is 2.46 bits per heavy atom. The highest BCUT2D eigenvalue weighted by Gasteiger charge is 2.30. The third-order valence-corrected chi connectivity index (χ3v) is 4.74. The third-order valence-electron chi connectivity index (χ3n) is 4.21. The van der Waals surface area contributed by atoms with Crippen molar-refractivity contribution in [3.63, 3.8) is 0 Å². The number of halogens is 1. The maximum Gasteiger partial charge on any atom is 0.279 e. The number of amides is 2. The molecule has 0 bridgehead atoms. The quantitative estimate of drug-likeness (QED) is 0.486. The summed E-state index contributed by atoms with van der Waals surface area (Å²) < 4.78 is 1.45. The van der Waals surface area contributed by atoms with Crippen LogP contribution in [0, 0.1) is 0 Å². The molecular weight excluding hydrogens is 400 g/mol. The molecule has 1 saturated heterocycles. The molecular formula is C18H13BrN4O3. The zero-order chi connectivity index (χ0) is 18.3. The number of fused-ring (bicyclic) bond motifs is 1. The van der Waals surface area contributed by atoms with Crippen LogP contribution < -0.4 is 10.5 Å². The van der Waals surface area contributed by atoms with Gasteiger partial charge in [-0.25, -0.2) is 9.97 Å². The van der Waals surface area contributed by atoms with Gasteiger partial charge in [0.15, 0.2) is 5.65 Å². The Labute approximate surface area is 156 Å². The molecule has 1 aliphatic heterocycles. The number of anilines is 1. The van der Waals surface area contributed by atoms with Gasteiger partial charge in [-0.3, -0.25) is 23.9 Å². The second-order valence-corrected chi connectivity index (χ2v) is 6.38. The van der Waals surface area contributed by atoms with E-state index < -0.39 is 0 Å². The van der Waals surface area contributed by atoms with Gasteiger partial charge in [0.25, 0.3) is 5.56 Å². The van der Waals surface area contributed by atoms with Gasteiger partial charge in [-0.05, 0) is 30.3 Å². The van der Waals surface area contributed by atoms with Gasteiger partial charge in [-0.2, -0.15) is 0 Å². The van der Waals surface area contributed by atoms with Crippen molar-refractivity contribution in [2.24, 2.45) is 0 Å². The molecule has 130 valence electrons. The van der Waals surface area contributed by atoms with Crippen molar-refractivity contribution in [2.45, 2.75) is 18.2 Å². The summed E-state index contributed by atoms with van der Waals surface area (Å²) in [6.45, 7) is 0. The Bertz CT molecular complexity index is 1090. The number of pyridine rings is 1. The first-order valence-electron chi connectivity index (χ1n) is 7.99. The molecule has 1 fully saturated rings. The first kappa shape index (κ1) is 16.6. The van der Waals surface area contributed by atoms with E-state index in [2.05, 4.69) is 25.9 Å². The third kappa shape index (κ3) is 2.62. The average molecular weight is 413 g/mol. The molecule has 0 N–H and O–H groups in total. The smallest absolute Gasteiger partial charge is 0.274 e. The van der Waals surface area contributed by atoms with Crippen LogP contribution in [0.4, 0.5) is 5.69 Å². The normalized spacial score (nSPS) is 14.4. The van der Waals surface area contributed by atoms with Crippen LogP contribution in [-0.4, -0.2) is 26.3 Å². The summed E-state index contributed by atoms with van der Waals surface area (Å²) in [5.74, 6) is -0.475. The fourth-order valence-electron chi connectivity index (χ4n) is 3.03. The molecule has 3 aromatic rings. The molecule has 8 heteroatoms. The molecule has 0 aliphatic carbocycles. The minimum atomic E-state index is -0.302. The zero-order valence-corrected chi connectivity index (χ0v) is 15.1. The predicted octanol–water partition coefficient (Wildman–Crippen LogP) is 2.33. The lowest BCUT2D eigenvalue weighted by Gasteiger charge is -2.16. The molecule has 4 rings (SSSR count). The minimum Gasteiger partial charge on any atom is -0.274 e. The number of imide groups is 1. The second-order valence-electron chi connectivity index (χ2n) is 5.82. The van der Waals surface area contributed by atoms with E-state index in [-0.39, 0.29) is 30.2 Å². The largest absolute Gasteiger partial charge is 0.279 e. The van der Waals surface area contributed by atoms with Crippen LogP contribution in [0.1, 0.15) is 18.5 Å². The number of rotatable bonds is 3. The summed E-state index contributed by atoms with van der Waals surface area (Å²) >= 11 is 3.29. The fourth-order valence-corrected chi connectivity index (χ4v) is 3.39. The van der Waals surface area contributed by atoms with Crippen molar-refractivity contribution < 1.29 is 9.59 Å². The minimum absolute atomic E-state index is 0.205. The molecule has 7 nitrogen and oxygen atoms in total. The molecule has 0 saturated carbocycles. The van der Waals surface area contributed by atoms with Gasteiger partial charge in [0.05, 0.1) is 16.7 Å². The zero-order valence-electron chi connectivity index (χ0n) is 13.6. The number of aromatic nitrogens is 3. The van der Waals surface area contributed by atoms with E-state index in [1.807, 2.05) is 0 Å². The maximum absolute atomic E-state index is 12.9. The first-order chi connectivity index (χ1) is 12.6. The Hall–Kier alpha value is -2.87. The number of benzene rings is 1. The number of hydrogen-bond donors (Lipinski definition) is 0. The van der Waals surface area contributed by atoms with Crippen LogP contribution in [0.2, 0.25) is 0 Å². The molecule has 3 heterocycles. The van der Waals surface area contributed by atoms with E-state index in [0.717, 1.165) is 4.90 Å². The molecule has 1 aromatic carbocycles. The molecule has 0 spiro atoms. The van der Waals surface area contributed by atoms with Crippen molar-refractivity contribution in [3.05, 3.63) is 58.6 Å². The van der Waals surface area contributed by atoms with Gasteiger partial charge in [0.2, 0.25) is 11.8 Å². The van der Waals surface area contributed by atoms with Crippen LogP contribution in [0.15, 0.2) is 47.4 Å². The van der Waals surface area contributed by atoms with E-state index in [9.17, 15) is 14.4 Å². The molecule has 1 aliphatic rings. The monoisotopic (exact) mass is 412 g/mol. The summed E-state index contributed by atoms with van der Waals surface area (Å²) in [5, 5.41) is 0.305. The summed E-state index contributed by atoms with van der Waals surface area (Å²) in [6.07, 6.45) is 2.00. The lowest BCUT2D eigenvalue weighted by atomic mass is 10.2. The standard InChI is InChI=1S/C18H13BrN4O3/c19-10-14-18(26)23(17-13(21-14)5-2-8-20-17)12-4-1-3-11(9-12)22-15(24)6-7-16(22)25/h1-5,8-9H,6-7,10H2. The van der Waals surface area contributed by atoms with Crippen molar-refractivity contribution in [1.82, 2.24) is 14.5 Å².